The molecule has 0 unspecified atom stereocenters. The second-order valence-corrected chi connectivity index (χ2v) is 7.51. The van der Waals surface area contributed by atoms with Crippen LogP contribution in [0.25, 0.3) is 0 Å². The molecule has 2 amide bonds. The number of benzene rings is 1. The van der Waals surface area contributed by atoms with E-state index in [9.17, 15) is 9.59 Å². The average molecular weight is 404 g/mol. The summed E-state index contributed by atoms with van der Waals surface area (Å²) >= 11 is 0. The van der Waals surface area contributed by atoms with E-state index in [1.165, 1.54) is 0 Å². The zero-order valence-electron chi connectivity index (χ0n) is 16.6. The number of rotatable bonds is 6. The lowest BCUT2D eigenvalue weighted by molar-refractivity contribution is -0.137. The predicted octanol–water partition coefficient (Wildman–Crippen LogP) is -0.492. The van der Waals surface area contributed by atoms with E-state index in [1.54, 1.807) is 0 Å². The second-order valence-electron chi connectivity index (χ2n) is 7.51. The summed E-state index contributed by atoms with van der Waals surface area (Å²) in [5.41, 5.74) is 0.981. The van der Waals surface area contributed by atoms with E-state index in [2.05, 4.69) is 15.1 Å². The van der Waals surface area contributed by atoms with E-state index in [-0.39, 0.29) is 18.6 Å². The smallest absolute Gasteiger partial charge is 0.236 e. The van der Waals surface area contributed by atoms with Crippen LogP contribution in [0.2, 0.25) is 0 Å². The van der Waals surface area contributed by atoms with Gasteiger partial charge in [-0.1, -0.05) is 6.07 Å². The maximum absolute atomic E-state index is 12.4. The Bertz CT molecular complexity index is 730. The Hall–Kier alpha value is -2.36. The van der Waals surface area contributed by atoms with Gasteiger partial charge in [0.05, 0.1) is 26.3 Å². The Labute approximate surface area is 170 Å². The zero-order chi connectivity index (χ0) is 20.1. The molecule has 3 aliphatic heterocycles. The van der Waals surface area contributed by atoms with Crippen LogP contribution in [0.4, 0.5) is 0 Å². The van der Waals surface area contributed by atoms with Gasteiger partial charge in [-0.3, -0.25) is 19.4 Å². The van der Waals surface area contributed by atoms with Crippen molar-refractivity contribution >= 4 is 11.8 Å². The summed E-state index contributed by atoms with van der Waals surface area (Å²) < 4.78 is 16.0. The fourth-order valence-electron chi connectivity index (χ4n) is 3.72. The summed E-state index contributed by atoms with van der Waals surface area (Å²) in [6.45, 7) is 7.31. The van der Waals surface area contributed by atoms with Gasteiger partial charge in [0.2, 0.25) is 18.6 Å². The SMILES string of the molecule is O=C(CN1CCN(CC(=O)N2CCOCC2)CC1)NCc1ccc2c(c1)OCO2. The van der Waals surface area contributed by atoms with Crippen molar-refractivity contribution in [3.8, 4) is 11.5 Å². The number of nitrogens with zero attached hydrogens (tertiary/aromatic N) is 3. The number of morpholine rings is 1. The van der Waals surface area contributed by atoms with E-state index < -0.39 is 0 Å². The minimum atomic E-state index is 0.000472. The van der Waals surface area contributed by atoms with E-state index in [4.69, 9.17) is 14.2 Å². The third-order valence-electron chi connectivity index (χ3n) is 5.48. The maximum Gasteiger partial charge on any atom is 0.236 e. The molecule has 0 aliphatic carbocycles. The Morgan fingerprint density at radius 3 is 2.34 bits per heavy atom. The Morgan fingerprint density at radius 2 is 1.59 bits per heavy atom. The molecule has 158 valence electrons. The first kappa shape index (κ1) is 19.9. The van der Waals surface area contributed by atoms with Crippen LogP contribution in [0.3, 0.4) is 0 Å². The van der Waals surface area contributed by atoms with Crippen LogP contribution < -0.4 is 14.8 Å². The van der Waals surface area contributed by atoms with Crippen LogP contribution >= 0.6 is 0 Å². The van der Waals surface area contributed by atoms with Gasteiger partial charge < -0.3 is 24.4 Å². The molecule has 1 N–H and O–H groups in total. The fraction of sp³-hybridized carbons (Fsp3) is 0.600. The molecule has 0 spiro atoms. The molecule has 4 rings (SSSR count). The molecule has 1 aromatic carbocycles. The lowest BCUT2D eigenvalue weighted by atomic mass is 10.2. The van der Waals surface area contributed by atoms with Crippen LogP contribution in [-0.4, -0.2) is 98.9 Å². The Morgan fingerprint density at radius 1 is 0.897 bits per heavy atom. The third kappa shape index (κ3) is 5.37. The van der Waals surface area contributed by atoms with E-state index >= 15 is 0 Å². The molecule has 2 saturated heterocycles. The molecule has 3 heterocycles. The van der Waals surface area contributed by atoms with Crippen LogP contribution in [0.5, 0.6) is 11.5 Å². The highest BCUT2D eigenvalue weighted by Crippen LogP contribution is 2.32. The number of carbonyl (C=O) groups excluding carboxylic acids is 2. The summed E-state index contributed by atoms with van der Waals surface area (Å²) in [5.74, 6) is 1.63. The van der Waals surface area contributed by atoms with Crippen molar-refractivity contribution in [1.82, 2.24) is 20.0 Å². The number of nitrogens with one attached hydrogen (secondary N) is 1. The molecule has 29 heavy (non-hydrogen) atoms. The van der Waals surface area contributed by atoms with Crippen LogP contribution in [0.1, 0.15) is 5.56 Å². The first-order valence-electron chi connectivity index (χ1n) is 10.1. The predicted molar refractivity (Wildman–Crippen MR) is 105 cm³/mol. The molecule has 0 saturated carbocycles. The van der Waals surface area contributed by atoms with E-state index in [0.717, 1.165) is 43.2 Å². The summed E-state index contributed by atoms with van der Waals surface area (Å²) in [6.07, 6.45) is 0. The Balaban J connectivity index is 1.15. The first-order valence-corrected chi connectivity index (χ1v) is 10.1. The number of hydrogen-bond donors (Lipinski definition) is 1. The number of piperazine rings is 1. The number of hydrogen-bond acceptors (Lipinski definition) is 7. The fourth-order valence-corrected chi connectivity index (χ4v) is 3.72. The number of amides is 2. The molecular formula is C20H28N4O5. The van der Waals surface area contributed by atoms with Gasteiger partial charge in [0, 0.05) is 45.8 Å². The van der Waals surface area contributed by atoms with Gasteiger partial charge >= 0.3 is 0 Å². The van der Waals surface area contributed by atoms with E-state index in [1.807, 2.05) is 23.1 Å². The summed E-state index contributed by atoms with van der Waals surface area (Å²) in [5, 5.41) is 2.96. The van der Waals surface area contributed by atoms with Gasteiger partial charge in [-0.15, -0.1) is 0 Å². The normalized spacial score (nSPS) is 19.9. The van der Waals surface area contributed by atoms with Crippen molar-refractivity contribution in [1.29, 1.82) is 0 Å². The topological polar surface area (TPSA) is 83.6 Å². The average Bonchev–Trinajstić information content (AvgIpc) is 3.22. The lowest BCUT2D eigenvalue weighted by Gasteiger charge is -2.35. The third-order valence-corrected chi connectivity index (χ3v) is 5.48. The molecule has 0 aromatic heterocycles. The Kier molecular flexibility index (Phi) is 6.48. The quantitative estimate of drug-likeness (QED) is 0.685. The number of ether oxygens (including phenoxy) is 3. The molecular weight excluding hydrogens is 376 g/mol. The largest absolute Gasteiger partial charge is 0.454 e. The highest BCUT2D eigenvalue weighted by Gasteiger charge is 2.23. The molecule has 0 bridgehead atoms. The second kappa shape index (κ2) is 9.43. The highest BCUT2D eigenvalue weighted by atomic mass is 16.7. The zero-order valence-corrected chi connectivity index (χ0v) is 16.6. The molecule has 3 aliphatic rings. The van der Waals surface area contributed by atoms with Crippen molar-refractivity contribution in [2.24, 2.45) is 0 Å². The van der Waals surface area contributed by atoms with Crippen molar-refractivity contribution in [3.05, 3.63) is 23.8 Å². The molecule has 0 atom stereocenters. The van der Waals surface area contributed by atoms with Gasteiger partial charge in [0.15, 0.2) is 11.5 Å². The highest BCUT2D eigenvalue weighted by molar-refractivity contribution is 5.78. The van der Waals surface area contributed by atoms with Gasteiger partial charge in [0.1, 0.15) is 0 Å². The van der Waals surface area contributed by atoms with Gasteiger partial charge in [-0.05, 0) is 17.7 Å². The summed E-state index contributed by atoms with van der Waals surface area (Å²) in [4.78, 5) is 30.8. The molecule has 9 nitrogen and oxygen atoms in total. The monoisotopic (exact) mass is 404 g/mol. The van der Waals surface area contributed by atoms with E-state index in [0.29, 0.717) is 45.9 Å². The first-order chi connectivity index (χ1) is 14.2. The van der Waals surface area contributed by atoms with Gasteiger partial charge in [0.25, 0.3) is 0 Å². The number of fused-ring (bicyclic) bond motifs is 1. The lowest BCUT2D eigenvalue weighted by Crippen LogP contribution is -2.52. The minimum Gasteiger partial charge on any atom is -0.454 e. The van der Waals surface area contributed by atoms with Crippen molar-refractivity contribution in [2.75, 3.05) is 72.4 Å². The van der Waals surface area contributed by atoms with Crippen molar-refractivity contribution in [3.63, 3.8) is 0 Å². The van der Waals surface area contributed by atoms with Crippen LogP contribution in [-0.2, 0) is 20.9 Å². The summed E-state index contributed by atoms with van der Waals surface area (Å²) in [6, 6.07) is 5.69. The van der Waals surface area contributed by atoms with Crippen molar-refractivity contribution in [2.45, 2.75) is 6.54 Å². The molecule has 2 fully saturated rings. The standard InChI is InChI=1S/C20H28N4O5/c25-19(21-12-16-1-2-17-18(11-16)29-15-28-17)13-22-3-5-23(6-4-22)14-20(26)24-7-9-27-10-8-24/h1-2,11H,3-10,12-15H2,(H,21,25). The molecule has 1 aromatic rings. The van der Waals surface area contributed by atoms with Crippen LogP contribution in [0.15, 0.2) is 18.2 Å². The van der Waals surface area contributed by atoms with Crippen molar-refractivity contribution < 1.29 is 23.8 Å². The number of carbonyl (C=O) groups is 2. The summed E-state index contributed by atoms with van der Waals surface area (Å²) in [7, 11) is 0. The van der Waals surface area contributed by atoms with Crippen LogP contribution in [0, 0.1) is 0 Å². The molecule has 9 heteroatoms. The van der Waals surface area contributed by atoms with Gasteiger partial charge in [-0.2, -0.15) is 0 Å². The van der Waals surface area contributed by atoms with Gasteiger partial charge in [-0.25, -0.2) is 0 Å². The molecule has 0 radical (unpaired) electrons. The maximum atomic E-state index is 12.4. The minimum absolute atomic E-state index is 0.000472.